The van der Waals surface area contributed by atoms with Gasteiger partial charge in [0.15, 0.2) is 5.69 Å². The largest absolute Gasteiger partial charge is 0.269 e. The Morgan fingerprint density at radius 3 is 2.08 bits per heavy atom. The van der Waals surface area contributed by atoms with Gasteiger partial charge in [0, 0.05) is 24.3 Å². The quantitative estimate of drug-likeness (QED) is 0.430. The van der Waals surface area contributed by atoms with E-state index < -0.39 is 4.92 Å². The van der Waals surface area contributed by atoms with Crippen LogP contribution in [0, 0.1) is 10.1 Å². The van der Waals surface area contributed by atoms with Crippen LogP contribution in [0.25, 0.3) is 0 Å². The Morgan fingerprint density at radius 2 is 1.77 bits per heavy atom. The van der Waals surface area contributed by atoms with Crippen molar-refractivity contribution < 1.29 is 10.1 Å². The van der Waals surface area contributed by atoms with Crippen molar-refractivity contribution in [1.29, 1.82) is 0 Å². The third-order valence-corrected chi connectivity index (χ3v) is 1.69. The molecule has 0 aliphatic carbocycles. The van der Waals surface area contributed by atoms with Gasteiger partial charge >= 0.3 is 0 Å². The molecule has 0 saturated carbocycles. The Bertz CT molecular complexity index is 313. The molecule has 0 amide bonds. The highest BCUT2D eigenvalue weighted by Gasteiger charge is 2.16. The average Bonchev–Trinajstić information content (AvgIpc) is 2.03. The second-order valence-corrected chi connectivity index (χ2v) is 3.17. The van der Waals surface area contributed by atoms with Gasteiger partial charge in [0.1, 0.15) is 14.1 Å². The summed E-state index contributed by atoms with van der Waals surface area (Å²) >= 11 is 0. The van der Waals surface area contributed by atoms with Gasteiger partial charge in [-0.3, -0.25) is 10.1 Å². The monoisotopic (exact) mass is 183 g/mol. The van der Waals surface area contributed by atoms with E-state index in [-0.39, 0.29) is 10.3 Å². The van der Waals surface area contributed by atoms with E-state index in [4.69, 9.17) is 0 Å². The lowest BCUT2D eigenvalue weighted by atomic mass is 10.3. The van der Waals surface area contributed by atoms with Gasteiger partial charge in [-0.25, -0.2) is 5.21 Å². The van der Waals surface area contributed by atoms with Crippen LogP contribution in [0.3, 0.4) is 0 Å². The highest BCUT2D eigenvalue weighted by atomic mass is 16.6. The van der Waals surface area contributed by atoms with Gasteiger partial charge in [0.25, 0.3) is 5.69 Å². The highest BCUT2D eigenvalue weighted by Crippen LogP contribution is 2.20. The molecule has 1 rings (SSSR count). The zero-order valence-electron chi connectivity index (χ0n) is 7.47. The third kappa shape index (κ3) is 2.24. The Labute approximate surface area is 75.5 Å². The zero-order valence-corrected chi connectivity index (χ0v) is 7.47. The van der Waals surface area contributed by atoms with Crippen LogP contribution in [0.2, 0.25) is 0 Å². The van der Waals surface area contributed by atoms with Gasteiger partial charge < -0.3 is 0 Å². The highest BCUT2D eigenvalue weighted by molar-refractivity contribution is 5.45. The number of nitrogens with zero attached hydrogens (tertiary/aromatic N) is 2. The average molecular weight is 183 g/mol. The lowest BCUT2D eigenvalue weighted by Gasteiger charge is -2.18. The molecule has 0 aliphatic rings. The minimum Gasteiger partial charge on any atom is -0.258 e. The molecule has 70 valence electrons. The molecule has 0 heterocycles. The molecule has 0 unspecified atom stereocenters. The van der Waals surface area contributed by atoms with Gasteiger partial charge in [0.2, 0.25) is 0 Å². The number of nitro groups is 1. The summed E-state index contributed by atoms with van der Waals surface area (Å²) in [6.45, 7) is 0. The maximum absolute atomic E-state index is 10.3. The second-order valence-electron chi connectivity index (χ2n) is 3.17. The topological polar surface area (TPSA) is 63.4 Å². The summed E-state index contributed by atoms with van der Waals surface area (Å²) in [5.74, 6) is 0. The fourth-order valence-electron chi connectivity index (χ4n) is 0.939. The summed E-state index contributed by atoms with van der Waals surface area (Å²) in [6.07, 6.45) is 0. The first-order valence-corrected chi connectivity index (χ1v) is 3.73. The lowest BCUT2D eigenvalue weighted by molar-refractivity contribution is -0.384. The third-order valence-electron chi connectivity index (χ3n) is 1.69. The second kappa shape index (κ2) is 3.12. The van der Waals surface area contributed by atoms with E-state index >= 15 is 0 Å². The molecule has 5 heteroatoms. The molecule has 1 aromatic carbocycles. The van der Waals surface area contributed by atoms with Crippen LogP contribution >= 0.6 is 0 Å². The fraction of sp³-hybridized carbons (Fsp3) is 0.250. The molecular formula is C8H11N2O3+. The fourth-order valence-corrected chi connectivity index (χ4v) is 0.939. The molecule has 0 atom stereocenters. The molecule has 1 aromatic rings. The summed E-state index contributed by atoms with van der Waals surface area (Å²) in [5, 5.41) is 19.8. The molecule has 5 nitrogen and oxygen atoms in total. The number of benzene rings is 1. The van der Waals surface area contributed by atoms with Crippen molar-refractivity contribution in [1.82, 2.24) is 4.65 Å². The van der Waals surface area contributed by atoms with Gasteiger partial charge in [-0.1, -0.05) is 0 Å². The van der Waals surface area contributed by atoms with Crippen LogP contribution in [0.1, 0.15) is 0 Å². The molecule has 13 heavy (non-hydrogen) atoms. The number of hydrogen-bond donors (Lipinski definition) is 1. The van der Waals surface area contributed by atoms with Crippen LogP contribution in [0.15, 0.2) is 24.3 Å². The molecule has 0 radical (unpaired) electrons. The van der Waals surface area contributed by atoms with Crippen molar-refractivity contribution in [3.05, 3.63) is 34.4 Å². The maximum atomic E-state index is 10.3. The summed E-state index contributed by atoms with van der Waals surface area (Å²) in [4.78, 5) is 9.83. The maximum Gasteiger partial charge on any atom is 0.269 e. The lowest BCUT2D eigenvalue weighted by Crippen LogP contribution is -2.35. The van der Waals surface area contributed by atoms with Crippen LogP contribution in [0.5, 0.6) is 0 Å². The molecule has 0 spiro atoms. The minimum absolute atomic E-state index is 0.0252. The SMILES string of the molecule is C[N+](C)(O)c1ccc([N+](=O)[O-])cc1. The molecule has 0 fully saturated rings. The summed E-state index contributed by atoms with van der Waals surface area (Å²) in [5.41, 5.74) is 0.628. The molecule has 0 aliphatic heterocycles. The number of hydrogen-bond acceptors (Lipinski definition) is 3. The molecule has 1 N–H and O–H groups in total. The smallest absolute Gasteiger partial charge is 0.258 e. The Hall–Kier alpha value is -1.46. The van der Waals surface area contributed by atoms with Crippen LogP contribution < -0.4 is 4.65 Å². The van der Waals surface area contributed by atoms with Crippen molar-refractivity contribution >= 4 is 11.4 Å². The normalized spacial score (nSPS) is 11.3. The Morgan fingerprint density at radius 1 is 1.31 bits per heavy atom. The van der Waals surface area contributed by atoms with E-state index in [9.17, 15) is 15.3 Å². The standard InChI is InChI=1S/C8H11N2O3/c1-10(2,13)8-5-3-7(4-6-8)9(11)12/h3-6,13H,1-2H3/q+1. The number of hydroxylamine groups is 2. The number of nitro benzene ring substituents is 1. The van der Waals surface area contributed by atoms with Crippen LogP contribution in [0.4, 0.5) is 11.4 Å². The van der Waals surface area contributed by atoms with Gasteiger partial charge in [-0.2, -0.15) is 4.65 Å². The van der Waals surface area contributed by atoms with E-state index in [1.54, 1.807) is 14.1 Å². The van der Waals surface area contributed by atoms with E-state index in [1.807, 2.05) is 0 Å². The van der Waals surface area contributed by atoms with Crippen molar-refractivity contribution in [2.75, 3.05) is 14.1 Å². The first kappa shape index (κ1) is 9.63. The number of rotatable bonds is 2. The predicted octanol–water partition coefficient (Wildman–Crippen LogP) is 1.55. The first-order valence-electron chi connectivity index (χ1n) is 3.73. The molecular weight excluding hydrogens is 172 g/mol. The van der Waals surface area contributed by atoms with E-state index in [0.29, 0.717) is 5.69 Å². The minimum atomic E-state index is -0.471. The Kier molecular flexibility index (Phi) is 2.31. The van der Waals surface area contributed by atoms with Gasteiger partial charge in [0.05, 0.1) is 4.92 Å². The number of non-ortho nitro benzene ring substituents is 1. The van der Waals surface area contributed by atoms with E-state index in [2.05, 4.69) is 0 Å². The summed E-state index contributed by atoms with van der Waals surface area (Å²) in [6, 6.07) is 5.79. The summed E-state index contributed by atoms with van der Waals surface area (Å²) < 4.78 is -0.335. The predicted molar refractivity (Wildman–Crippen MR) is 48.5 cm³/mol. The molecule has 0 bridgehead atoms. The van der Waals surface area contributed by atoms with E-state index in [1.165, 1.54) is 24.3 Å². The van der Waals surface area contributed by atoms with Crippen molar-refractivity contribution in [3.8, 4) is 0 Å². The van der Waals surface area contributed by atoms with Crippen molar-refractivity contribution in [2.24, 2.45) is 0 Å². The van der Waals surface area contributed by atoms with Crippen LogP contribution in [-0.4, -0.2) is 24.2 Å². The van der Waals surface area contributed by atoms with E-state index in [0.717, 1.165) is 0 Å². The number of quaternary nitrogens is 1. The summed E-state index contributed by atoms with van der Waals surface area (Å²) in [7, 11) is 3.14. The van der Waals surface area contributed by atoms with Crippen LogP contribution in [-0.2, 0) is 0 Å². The molecule has 0 aromatic heterocycles. The van der Waals surface area contributed by atoms with Crippen molar-refractivity contribution in [2.45, 2.75) is 0 Å². The Balaban J connectivity index is 3.01. The van der Waals surface area contributed by atoms with Gasteiger partial charge in [-0.05, 0) is 0 Å². The van der Waals surface area contributed by atoms with Crippen molar-refractivity contribution in [3.63, 3.8) is 0 Å². The molecule has 0 saturated heterocycles. The zero-order chi connectivity index (χ0) is 10.1. The van der Waals surface area contributed by atoms with Gasteiger partial charge in [-0.15, -0.1) is 0 Å². The first-order chi connectivity index (χ1) is 5.91.